The van der Waals surface area contributed by atoms with Crippen molar-refractivity contribution in [1.29, 1.82) is 0 Å². The van der Waals surface area contributed by atoms with Crippen LogP contribution in [-0.4, -0.2) is 68.7 Å². The standard InChI is InChI=1S/C31H38N6O5S/c1-3-17(2)27(30(40)36-26(16-43)31(41)42)37-29(39)25(13-19-15-34-24-11-7-5-9-21(19)24)35-28(38)22(32)12-18-14-33-23-10-6-4-8-20(18)23/h4-11,14-15,17,22,25-27,33-34,43H,3,12-13,16,32H2,1-2H3,(H,35,38)(H,36,40)(H,37,39)(H,41,42). The van der Waals surface area contributed by atoms with Gasteiger partial charge in [-0.2, -0.15) is 12.6 Å². The van der Waals surface area contributed by atoms with Crippen molar-refractivity contribution in [3.05, 3.63) is 72.1 Å². The fourth-order valence-electron chi connectivity index (χ4n) is 5.04. The summed E-state index contributed by atoms with van der Waals surface area (Å²) in [6.45, 7) is 3.64. The third-order valence-electron chi connectivity index (χ3n) is 7.77. The predicted molar refractivity (Wildman–Crippen MR) is 169 cm³/mol. The molecule has 2 heterocycles. The van der Waals surface area contributed by atoms with Crippen molar-refractivity contribution in [2.24, 2.45) is 11.7 Å². The maximum atomic E-state index is 13.8. The minimum atomic E-state index is -1.23. The van der Waals surface area contributed by atoms with Crippen LogP contribution in [-0.2, 0) is 32.0 Å². The van der Waals surface area contributed by atoms with E-state index in [1.807, 2.05) is 61.7 Å². The molecule has 0 aliphatic carbocycles. The van der Waals surface area contributed by atoms with Gasteiger partial charge in [-0.25, -0.2) is 4.79 Å². The minimum Gasteiger partial charge on any atom is -0.480 e. The van der Waals surface area contributed by atoms with Crippen LogP contribution in [0.15, 0.2) is 60.9 Å². The van der Waals surface area contributed by atoms with Crippen molar-refractivity contribution < 1.29 is 24.3 Å². The number of aromatic amines is 2. The Bertz CT molecular complexity index is 1600. The molecule has 0 saturated heterocycles. The summed E-state index contributed by atoms with van der Waals surface area (Å²) in [5.74, 6) is -3.42. The van der Waals surface area contributed by atoms with Gasteiger partial charge in [0.1, 0.15) is 18.1 Å². The number of carboxylic acids is 1. The van der Waals surface area contributed by atoms with Crippen molar-refractivity contribution in [1.82, 2.24) is 25.9 Å². The number of para-hydroxylation sites is 2. The molecule has 0 bridgehead atoms. The molecule has 8 N–H and O–H groups in total. The highest BCUT2D eigenvalue weighted by Gasteiger charge is 2.33. The largest absolute Gasteiger partial charge is 0.480 e. The Kier molecular flexibility index (Phi) is 10.5. The van der Waals surface area contributed by atoms with Gasteiger partial charge in [0.15, 0.2) is 0 Å². The SMILES string of the molecule is CCC(C)C(NC(=O)C(Cc1c[nH]c2ccccc12)NC(=O)C(N)Cc1c[nH]c2ccccc12)C(=O)NC(CS)C(=O)O. The van der Waals surface area contributed by atoms with Gasteiger partial charge < -0.3 is 36.8 Å². The first-order chi connectivity index (χ1) is 20.6. The third kappa shape index (κ3) is 7.57. The highest BCUT2D eigenvalue weighted by atomic mass is 32.1. The Balaban J connectivity index is 1.56. The maximum absolute atomic E-state index is 13.8. The Labute approximate surface area is 254 Å². The summed E-state index contributed by atoms with van der Waals surface area (Å²) in [5.41, 5.74) is 9.82. The summed E-state index contributed by atoms with van der Waals surface area (Å²) in [5, 5.41) is 19.3. The van der Waals surface area contributed by atoms with E-state index in [1.165, 1.54) is 0 Å². The van der Waals surface area contributed by atoms with E-state index < -0.39 is 47.9 Å². The Morgan fingerprint density at radius 1 is 0.814 bits per heavy atom. The van der Waals surface area contributed by atoms with Crippen LogP contribution < -0.4 is 21.7 Å². The van der Waals surface area contributed by atoms with Crippen molar-refractivity contribution in [2.75, 3.05) is 5.75 Å². The van der Waals surface area contributed by atoms with E-state index in [0.717, 1.165) is 32.9 Å². The number of aromatic nitrogens is 2. The zero-order valence-electron chi connectivity index (χ0n) is 24.1. The second kappa shape index (κ2) is 14.3. The second-order valence-electron chi connectivity index (χ2n) is 10.7. The van der Waals surface area contributed by atoms with Gasteiger partial charge in [-0.15, -0.1) is 0 Å². The van der Waals surface area contributed by atoms with Crippen LogP contribution in [0.1, 0.15) is 31.4 Å². The number of carbonyl (C=O) groups is 4. The number of thiol groups is 1. The topological polar surface area (TPSA) is 182 Å². The minimum absolute atomic E-state index is 0.115. The average Bonchev–Trinajstić information content (AvgIpc) is 3.61. The van der Waals surface area contributed by atoms with Crippen LogP contribution in [0.3, 0.4) is 0 Å². The molecule has 2 aromatic heterocycles. The summed E-state index contributed by atoms with van der Waals surface area (Å²) in [6, 6.07) is 11.0. The zero-order valence-corrected chi connectivity index (χ0v) is 25.0. The predicted octanol–water partition coefficient (Wildman–Crippen LogP) is 2.28. The van der Waals surface area contributed by atoms with Gasteiger partial charge in [0.25, 0.3) is 0 Å². The lowest BCUT2D eigenvalue weighted by atomic mass is 9.96. The summed E-state index contributed by atoms with van der Waals surface area (Å²) in [4.78, 5) is 58.2. The number of hydrogen-bond acceptors (Lipinski definition) is 6. The molecule has 0 saturated carbocycles. The highest BCUT2D eigenvalue weighted by molar-refractivity contribution is 7.80. The maximum Gasteiger partial charge on any atom is 0.327 e. The lowest BCUT2D eigenvalue weighted by Crippen LogP contribution is -2.59. The lowest BCUT2D eigenvalue weighted by Gasteiger charge is -2.28. The van der Waals surface area contributed by atoms with Crippen LogP contribution in [0.4, 0.5) is 0 Å². The Hall–Kier alpha value is -4.29. The van der Waals surface area contributed by atoms with E-state index in [2.05, 4.69) is 38.5 Å². The summed E-state index contributed by atoms with van der Waals surface area (Å²) < 4.78 is 0. The number of H-pyrrole nitrogens is 2. The molecule has 0 spiro atoms. The number of amides is 3. The molecule has 12 heteroatoms. The van der Waals surface area contributed by atoms with E-state index >= 15 is 0 Å². The molecule has 4 rings (SSSR count). The van der Waals surface area contributed by atoms with E-state index in [9.17, 15) is 24.3 Å². The van der Waals surface area contributed by atoms with Gasteiger partial charge in [0.2, 0.25) is 17.7 Å². The van der Waals surface area contributed by atoms with Gasteiger partial charge in [-0.05, 0) is 35.6 Å². The van der Waals surface area contributed by atoms with Gasteiger partial charge in [0.05, 0.1) is 6.04 Å². The van der Waals surface area contributed by atoms with Crippen LogP contribution >= 0.6 is 12.6 Å². The number of nitrogens with one attached hydrogen (secondary N) is 5. The third-order valence-corrected chi connectivity index (χ3v) is 8.14. The van der Waals surface area contributed by atoms with E-state index in [0.29, 0.717) is 6.42 Å². The Morgan fingerprint density at radius 2 is 1.35 bits per heavy atom. The molecule has 5 atom stereocenters. The molecule has 43 heavy (non-hydrogen) atoms. The van der Waals surface area contributed by atoms with E-state index in [1.54, 1.807) is 13.1 Å². The fraction of sp³-hybridized carbons (Fsp3) is 0.355. The Morgan fingerprint density at radius 3 is 1.88 bits per heavy atom. The number of carbonyl (C=O) groups excluding carboxylic acids is 3. The average molecular weight is 607 g/mol. The normalized spacial score (nSPS) is 14.9. The van der Waals surface area contributed by atoms with Gasteiger partial charge in [-0.1, -0.05) is 56.7 Å². The molecule has 0 radical (unpaired) electrons. The molecule has 228 valence electrons. The molecule has 0 fully saturated rings. The number of benzene rings is 2. The van der Waals surface area contributed by atoms with Crippen LogP contribution in [0, 0.1) is 5.92 Å². The number of fused-ring (bicyclic) bond motifs is 2. The zero-order chi connectivity index (χ0) is 31.1. The molecule has 3 amide bonds. The van der Waals surface area contributed by atoms with Crippen molar-refractivity contribution in [3.63, 3.8) is 0 Å². The number of aliphatic carboxylic acids is 1. The smallest absolute Gasteiger partial charge is 0.327 e. The van der Waals surface area contributed by atoms with Crippen molar-refractivity contribution >= 4 is 58.1 Å². The molecule has 0 aliphatic rings. The van der Waals surface area contributed by atoms with Crippen molar-refractivity contribution in [3.8, 4) is 0 Å². The van der Waals surface area contributed by atoms with Gasteiger partial charge >= 0.3 is 5.97 Å². The van der Waals surface area contributed by atoms with Crippen LogP contribution in [0.2, 0.25) is 0 Å². The van der Waals surface area contributed by atoms with Crippen molar-refractivity contribution in [2.45, 2.75) is 57.3 Å². The number of carboxylic acid groups (broad SMARTS) is 1. The molecule has 5 unspecified atom stereocenters. The quantitative estimate of drug-likeness (QED) is 0.102. The van der Waals surface area contributed by atoms with Crippen LogP contribution in [0.5, 0.6) is 0 Å². The lowest BCUT2D eigenvalue weighted by molar-refractivity contribution is -0.142. The van der Waals surface area contributed by atoms with Gasteiger partial charge in [0, 0.05) is 46.4 Å². The van der Waals surface area contributed by atoms with E-state index in [-0.39, 0.29) is 24.5 Å². The summed E-state index contributed by atoms with van der Waals surface area (Å²) in [6.07, 6.45) is 4.51. The van der Waals surface area contributed by atoms with Crippen LogP contribution in [0.25, 0.3) is 21.8 Å². The molecule has 11 nitrogen and oxygen atoms in total. The molecular weight excluding hydrogens is 568 g/mol. The second-order valence-corrected chi connectivity index (χ2v) is 11.1. The fourth-order valence-corrected chi connectivity index (χ4v) is 5.29. The summed E-state index contributed by atoms with van der Waals surface area (Å²) in [7, 11) is 0. The highest BCUT2D eigenvalue weighted by Crippen LogP contribution is 2.21. The number of nitrogens with two attached hydrogens (primary N) is 1. The number of hydrogen-bond donors (Lipinski definition) is 8. The first-order valence-electron chi connectivity index (χ1n) is 14.2. The van der Waals surface area contributed by atoms with Gasteiger partial charge in [-0.3, -0.25) is 14.4 Å². The molecule has 0 aliphatic heterocycles. The number of rotatable bonds is 14. The molecular formula is C31H38N6O5S. The monoisotopic (exact) mass is 606 g/mol. The van der Waals surface area contributed by atoms with E-state index in [4.69, 9.17) is 5.73 Å². The summed E-state index contributed by atoms with van der Waals surface area (Å²) >= 11 is 4.01. The first-order valence-corrected chi connectivity index (χ1v) is 14.9. The first kappa shape index (κ1) is 31.6. The molecule has 4 aromatic rings. The molecule has 2 aromatic carbocycles.